The van der Waals surface area contributed by atoms with E-state index < -0.39 is 0 Å². The molecule has 0 saturated heterocycles. The van der Waals surface area contributed by atoms with E-state index in [1.54, 1.807) is 17.8 Å². The van der Waals surface area contributed by atoms with Crippen LogP contribution in [0.2, 0.25) is 0 Å². The van der Waals surface area contributed by atoms with E-state index in [1.807, 2.05) is 6.92 Å². The Hall–Kier alpha value is -1.07. The minimum Gasteiger partial charge on any atom is -0.349 e. The largest absolute Gasteiger partial charge is 0.349 e. The Kier molecular flexibility index (Phi) is 4.82. The maximum absolute atomic E-state index is 13.3. The second kappa shape index (κ2) is 6.39. The van der Waals surface area contributed by atoms with E-state index in [-0.39, 0.29) is 23.8 Å². The van der Waals surface area contributed by atoms with Crippen LogP contribution in [0.15, 0.2) is 23.1 Å². The van der Waals surface area contributed by atoms with Crippen molar-refractivity contribution in [3.8, 4) is 0 Å². The third kappa shape index (κ3) is 3.94. The highest BCUT2D eigenvalue weighted by Crippen LogP contribution is 2.36. The van der Waals surface area contributed by atoms with Gasteiger partial charge in [-0.2, -0.15) is 0 Å². The lowest BCUT2D eigenvalue weighted by Crippen LogP contribution is -2.31. The number of nitrogens with two attached hydrogens (primary N) is 1. The molecular weight excluding hydrogens is 263 g/mol. The Bertz CT molecular complexity index is 465. The molecular formula is C14H19FN2OS. The molecule has 0 radical (unpaired) electrons. The summed E-state index contributed by atoms with van der Waals surface area (Å²) in [4.78, 5) is 12.9. The number of halogens is 1. The summed E-state index contributed by atoms with van der Waals surface area (Å²) in [5, 5.41) is 2.98. The molecule has 1 aliphatic rings. The topological polar surface area (TPSA) is 55.1 Å². The van der Waals surface area contributed by atoms with Crippen LogP contribution in [0.5, 0.6) is 0 Å². The van der Waals surface area contributed by atoms with E-state index in [1.165, 1.54) is 12.1 Å². The summed E-state index contributed by atoms with van der Waals surface area (Å²) in [6.07, 6.45) is 1.93. The minimum absolute atomic E-state index is 0.00980. The van der Waals surface area contributed by atoms with Gasteiger partial charge in [0, 0.05) is 23.1 Å². The molecule has 2 atom stereocenters. The van der Waals surface area contributed by atoms with Crippen LogP contribution in [0.25, 0.3) is 0 Å². The number of nitrogens with one attached hydrogen (secondary N) is 1. The molecule has 1 aromatic rings. The molecule has 0 spiro atoms. The zero-order valence-electron chi connectivity index (χ0n) is 11.0. The molecule has 1 aliphatic heterocycles. The molecule has 1 amide bonds. The smallest absolute Gasteiger partial charge is 0.220 e. The van der Waals surface area contributed by atoms with Gasteiger partial charge < -0.3 is 11.1 Å². The molecule has 0 fully saturated rings. The minimum atomic E-state index is -0.254. The zero-order valence-corrected chi connectivity index (χ0v) is 11.8. The Labute approximate surface area is 117 Å². The van der Waals surface area contributed by atoms with Crippen molar-refractivity contribution in [2.45, 2.75) is 43.2 Å². The van der Waals surface area contributed by atoms with E-state index in [4.69, 9.17) is 5.73 Å². The number of rotatable bonds is 4. The highest BCUT2D eigenvalue weighted by atomic mass is 32.2. The summed E-state index contributed by atoms with van der Waals surface area (Å²) in [5.41, 5.74) is 6.53. The molecule has 3 N–H and O–H groups in total. The third-order valence-corrected chi connectivity index (χ3v) is 4.30. The molecule has 0 aliphatic carbocycles. The normalized spacial score (nSPS) is 19.6. The first-order chi connectivity index (χ1) is 9.06. The first-order valence-electron chi connectivity index (χ1n) is 6.53. The fraction of sp³-hybridized carbons (Fsp3) is 0.500. The van der Waals surface area contributed by atoms with Crippen molar-refractivity contribution >= 4 is 17.7 Å². The molecule has 0 aromatic heterocycles. The fourth-order valence-corrected chi connectivity index (χ4v) is 3.25. The Morgan fingerprint density at radius 2 is 2.42 bits per heavy atom. The number of hydrogen-bond donors (Lipinski definition) is 2. The maximum atomic E-state index is 13.3. The Balaban J connectivity index is 2.03. The van der Waals surface area contributed by atoms with Gasteiger partial charge in [-0.25, -0.2) is 4.39 Å². The number of thioether (sulfide) groups is 1. The predicted octanol–water partition coefficient (Wildman–Crippen LogP) is 2.61. The van der Waals surface area contributed by atoms with Crippen molar-refractivity contribution in [3.05, 3.63) is 29.6 Å². The lowest BCUT2D eigenvalue weighted by Gasteiger charge is -2.26. The van der Waals surface area contributed by atoms with Gasteiger partial charge in [0.1, 0.15) is 5.82 Å². The number of carbonyl (C=O) groups excluding carboxylic acids is 1. The molecule has 0 saturated carbocycles. The van der Waals surface area contributed by atoms with Gasteiger partial charge in [-0.15, -0.1) is 11.8 Å². The number of amides is 1. The number of carbonyl (C=O) groups is 1. The lowest BCUT2D eigenvalue weighted by atomic mass is 10.0. The average Bonchev–Trinajstić information content (AvgIpc) is 2.37. The summed E-state index contributed by atoms with van der Waals surface area (Å²) in [5.74, 6) is 0.678. The summed E-state index contributed by atoms with van der Waals surface area (Å²) in [6.45, 7) is 1.88. The number of benzene rings is 1. The van der Waals surface area contributed by atoms with Crippen molar-refractivity contribution in [3.63, 3.8) is 0 Å². The zero-order chi connectivity index (χ0) is 13.8. The first-order valence-corrected chi connectivity index (χ1v) is 7.52. The highest BCUT2D eigenvalue weighted by Gasteiger charge is 2.22. The van der Waals surface area contributed by atoms with Gasteiger partial charge in [0.25, 0.3) is 0 Å². The quantitative estimate of drug-likeness (QED) is 0.892. The van der Waals surface area contributed by atoms with Gasteiger partial charge in [0.05, 0.1) is 6.04 Å². The highest BCUT2D eigenvalue weighted by molar-refractivity contribution is 7.99. The Morgan fingerprint density at radius 1 is 1.63 bits per heavy atom. The van der Waals surface area contributed by atoms with Crippen LogP contribution in [0.1, 0.15) is 37.8 Å². The maximum Gasteiger partial charge on any atom is 0.220 e. The summed E-state index contributed by atoms with van der Waals surface area (Å²) in [7, 11) is 0. The second-order valence-corrected chi connectivity index (χ2v) is 6.09. The molecule has 0 bridgehead atoms. The van der Waals surface area contributed by atoms with Crippen LogP contribution in [0.3, 0.4) is 0 Å². The molecule has 3 nitrogen and oxygen atoms in total. The first kappa shape index (κ1) is 14.3. The third-order valence-electron chi connectivity index (χ3n) is 3.17. The van der Waals surface area contributed by atoms with Gasteiger partial charge in [-0.1, -0.05) is 0 Å². The van der Waals surface area contributed by atoms with Crippen molar-refractivity contribution in [2.75, 3.05) is 5.75 Å². The van der Waals surface area contributed by atoms with Crippen LogP contribution in [-0.2, 0) is 4.79 Å². The molecule has 2 rings (SSSR count). The van der Waals surface area contributed by atoms with E-state index >= 15 is 0 Å². The second-order valence-electron chi connectivity index (χ2n) is 4.96. The van der Waals surface area contributed by atoms with E-state index in [9.17, 15) is 9.18 Å². The van der Waals surface area contributed by atoms with Crippen LogP contribution in [0, 0.1) is 5.82 Å². The predicted molar refractivity (Wildman–Crippen MR) is 75.5 cm³/mol. The lowest BCUT2D eigenvalue weighted by molar-refractivity contribution is -0.122. The number of hydrogen-bond acceptors (Lipinski definition) is 3. The van der Waals surface area contributed by atoms with Crippen LogP contribution < -0.4 is 11.1 Å². The van der Waals surface area contributed by atoms with E-state index in [2.05, 4.69) is 5.32 Å². The van der Waals surface area contributed by atoms with Gasteiger partial charge in [-0.3, -0.25) is 4.79 Å². The average molecular weight is 282 g/mol. The van der Waals surface area contributed by atoms with Gasteiger partial charge in [-0.05, 0) is 43.5 Å². The van der Waals surface area contributed by atoms with Crippen molar-refractivity contribution in [2.24, 2.45) is 5.73 Å². The Morgan fingerprint density at radius 3 is 3.16 bits per heavy atom. The summed E-state index contributed by atoms with van der Waals surface area (Å²) < 4.78 is 13.3. The molecule has 104 valence electrons. The summed E-state index contributed by atoms with van der Waals surface area (Å²) in [6, 6.07) is 4.73. The van der Waals surface area contributed by atoms with Gasteiger partial charge in [0.15, 0.2) is 0 Å². The monoisotopic (exact) mass is 282 g/mol. The number of fused-ring (bicyclic) bond motifs is 1. The summed E-state index contributed by atoms with van der Waals surface area (Å²) >= 11 is 1.71. The van der Waals surface area contributed by atoms with Gasteiger partial charge in [0.2, 0.25) is 5.91 Å². The van der Waals surface area contributed by atoms with Crippen LogP contribution in [0.4, 0.5) is 4.39 Å². The van der Waals surface area contributed by atoms with E-state index in [0.29, 0.717) is 12.8 Å². The van der Waals surface area contributed by atoms with Gasteiger partial charge >= 0.3 is 0 Å². The van der Waals surface area contributed by atoms with Crippen molar-refractivity contribution < 1.29 is 9.18 Å². The fourth-order valence-electron chi connectivity index (χ4n) is 2.14. The molecule has 2 unspecified atom stereocenters. The van der Waals surface area contributed by atoms with Crippen molar-refractivity contribution in [1.29, 1.82) is 0 Å². The van der Waals surface area contributed by atoms with E-state index in [0.717, 1.165) is 22.6 Å². The molecule has 1 heterocycles. The van der Waals surface area contributed by atoms with Crippen molar-refractivity contribution in [1.82, 2.24) is 5.32 Å². The molecule has 19 heavy (non-hydrogen) atoms. The SMILES string of the molecule is CC(N)CCC(=O)NC1CCSc2ccc(F)cc21. The van der Waals surface area contributed by atoms with Crippen LogP contribution in [-0.4, -0.2) is 17.7 Å². The van der Waals surface area contributed by atoms with Crippen LogP contribution >= 0.6 is 11.8 Å². The molecule has 5 heteroatoms. The molecule has 1 aromatic carbocycles. The standard InChI is InChI=1S/C14H19FN2OS/c1-9(16)2-5-14(18)17-12-6-7-19-13-4-3-10(15)8-11(12)13/h3-4,8-9,12H,2,5-7,16H2,1H3,(H,17,18).